The van der Waals surface area contributed by atoms with Gasteiger partial charge in [-0.25, -0.2) is 0 Å². The smallest absolute Gasteiger partial charge is 0 e. The molecule has 0 saturated carbocycles. The molecule has 0 rings (SSSR count). The van der Waals surface area contributed by atoms with Gasteiger partial charge in [-0.15, -0.1) is 0 Å². The summed E-state index contributed by atoms with van der Waals surface area (Å²) in [5.74, 6) is 0. The number of hydrogen-bond donors (Lipinski definition) is 0. The highest BCUT2D eigenvalue weighted by atomic mass is 18.1. The molecule has 0 unspecified atom stereocenters. The predicted molar refractivity (Wildman–Crippen MR) is 120 cm³/mol. The first-order valence-corrected chi connectivity index (χ1v) is 18.3. The minimum atomic E-state index is 2.62. The molecule has 0 spiro atoms. The second-order valence-electron chi connectivity index (χ2n) is 7.42. The van der Waals surface area contributed by atoms with Gasteiger partial charge in [0.1, 0.15) is 0 Å². The molecular weight excluding hydrogens is 1780 g/mol. The standard InChI is InChI=1S/O111/c1-3-5-7-9-11-13-15-17-19-21-23-25-27-29-31-33-35-37-39-41-43-45-47-49-51-53-55-57-59-61-63-65-67-69-71-73-75-77-79-81-83-85-87-89-91-93-95-97-99-101-103-105-107-109-111-110-108-106-104-102-100-98-96-94-92-90-88-86-84-82-80-78-76-74-72-70-68-66-64-62-60-58-56-54-52-50-48-46-44-42-40-38-36-34-32-30-28-26-24-22-20-18-16-14-12-10-8-6-4-2. The Morgan fingerprint density at radius 2 is 0.0721 bits per heavy atom. The lowest BCUT2D eigenvalue weighted by atomic mass is 14.0. The van der Waals surface area contributed by atoms with Crippen LogP contribution in [0.2, 0.25) is 0 Å². The minimum Gasteiger partial charge on any atom is 0 e. The van der Waals surface area contributed by atoms with Crippen molar-refractivity contribution < 1.29 is 560 Å². The normalized spacial score (nSPS) is 11.8. The van der Waals surface area contributed by atoms with Crippen LogP contribution in [0.5, 0.6) is 0 Å². The van der Waals surface area contributed by atoms with E-state index in [0.29, 0.717) is 0 Å². The molecule has 0 aliphatic carbocycles. The molecule has 0 aromatic carbocycles. The molecule has 0 aliphatic rings. The molecule has 111 heteroatoms. The van der Waals surface area contributed by atoms with Crippen LogP contribution in [0.1, 0.15) is 0 Å². The Hall–Kier alpha value is -4.44. The van der Waals surface area contributed by atoms with E-state index in [1.165, 1.54) is 0 Å². The van der Waals surface area contributed by atoms with Crippen LogP contribution in [-0.2, 0) is 560 Å². The van der Waals surface area contributed by atoms with Crippen molar-refractivity contribution in [1.82, 2.24) is 0 Å². The molecule has 0 aromatic rings. The van der Waals surface area contributed by atoms with E-state index < -0.39 is 0 Å². The molecule has 0 aliphatic heterocycles. The van der Waals surface area contributed by atoms with Crippen LogP contribution >= 0.6 is 0 Å². The van der Waals surface area contributed by atoms with Crippen LogP contribution < -0.4 is 0 Å². The molecule has 0 N–H and O–H groups in total. The molecular formula is O111. The van der Waals surface area contributed by atoms with Crippen LogP contribution in [0.3, 0.4) is 0 Å². The molecule has 0 amide bonds. The fraction of sp³-hybridized carbons (Fsp3) is 0. The largest absolute Gasteiger partial charge is 0 e. The van der Waals surface area contributed by atoms with Gasteiger partial charge in [0.15, 0.2) is 0 Å². The maximum atomic E-state index is 9.23. The van der Waals surface area contributed by atoms with Crippen molar-refractivity contribution in [3.05, 3.63) is 0 Å². The second-order valence-corrected chi connectivity index (χ2v) is 7.42. The van der Waals surface area contributed by atoms with Crippen LogP contribution in [-0.4, -0.2) is 0 Å². The fourth-order valence-corrected chi connectivity index (χ4v) is 1.21. The average Bonchev–Trinajstić information content (AvgIpc) is 3.81. The summed E-state index contributed by atoms with van der Waals surface area (Å²) in [5.41, 5.74) is 0. The molecule has 2 radical (unpaired) electrons. The van der Waals surface area contributed by atoms with Gasteiger partial charge in [0.2, 0.25) is 0 Å². The van der Waals surface area contributed by atoms with Crippen molar-refractivity contribution in [3.8, 4) is 0 Å². The average molecular weight is 1780 g/mol. The zero-order valence-electron chi connectivity index (χ0n) is 45.3. The van der Waals surface area contributed by atoms with E-state index in [-0.39, 0.29) is 0 Å². The molecule has 666 valence electrons. The van der Waals surface area contributed by atoms with Gasteiger partial charge < -0.3 is 0 Å². The van der Waals surface area contributed by atoms with Gasteiger partial charge >= 0.3 is 0 Å². The number of rotatable bonds is 108. The van der Waals surface area contributed by atoms with Gasteiger partial charge in [-0.2, -0.15) is 0 Å². The van der Waals surface area contributed by atoms with E-state index in [2.05, 4.69) is 549 Å². The highest BCUT2D eigenvalue weighted by molar-refractivity contribution is 3.19. The highest BCUT2D eigenvalue weighted by Gasteiger charge is 2.10. The molecule has 0 heterocycles. The molecule has 0 bridgehead atoms. The summed E-state index contributed by atoms with van der Waals surface area (Å²) in [6.45, 7) is 0. The first-order chi connectivity index (χ1) is 55.4. The van der Waals surface area contributed by atoms with E-state index in [4.69, 9.17) is 0 Å². The Morgan fingerprint density at radius 3 is 0.0991 bits per heavy atom. The topological polar surface area (TPSA) is 1050 Å². The first-order valence-electron chi connectivity index (χ1n) is 18.3. The van der Waals surface area contributed by atoms with Crippen LogP contribution in [0, 0.1) is 0 Å². The highest BCUT2D eigenvalue weighted by Crippen LogP contribution is 2.03. The summed E-state index contributed by atoms with van der Waals surface area (Å²) in [6, 6.07) is 0. The summed E-state index contributed by atoms with van der Waals surface area (Å²) < 4.78 is 0. The van der Waals surface area contributed by atoms with E-state index >= 15 is 0 Å². The lowest BCUT2D eigenvalue weighted by molar-refractivity contribution is -0.913. The lowest BCUT2D eigenvalue weighted by Gasteiger charge is -2.00. The predicted octanol–water partition coefficient (Wildman–Crippen LogP) is -7.69. The van der Waals surface area contributed by atoms with Crippen molar-refractivity contribution in [3.63, 3.8) is 0 Å². The van der Waals surface area contributed by atoms with Crippen LogP contribution in [0.4, 0.5) is 0 Å². The van der Waals surface area contributed by atoms with Gasteiger partial charge in [-0.05, 0) is 0 Å². The van der Waals surface area contributed by atoms with Crippen molar-refractivity contribution in [1.29, 1.82) is 0 Å². The third kappa shape index (κ3) is 106. The summed E-state index contributed by atoms with van der Waals surface area (Å²) in [7, 11) is 0. The summed E-state index contributed by atoms with van der Waals surface area (Å²) in [6.07, 6.45) is 0. The Bertz CT molecular complexity index is 1340. The maximum Gasteiger partial charge on any atom is 0 e. The lowest BCUT2D eigenvalue weighted by Crippen LogP contribution is -2.07. The Labute approximate surface area is 562 Å². The third-order valence-electron chi connectivity index (χ3n) is 3.00. The van der Waals surface area contributed by atoms with Crippen molar-refractivity contribution in [2.45, 2.75) is 0 Å². The Balaban J connectivity index is 3.10. The fourth-order valence-electron chi connectivity index (χ4n) is 1.21. The molecule has 111 nitrogen and oxygen atoms in total. The SMILES string of the molecule is [O]OOOOOOOOOOOOOOOOOOOOOOOOOOOOOOOOOOOOOOOOOOOOOOOOOOOOOOOOOOOOOOOOOOOOOOOOOOOOOOOOOOOOOOOOOOOOOOOOOOOOOOOOOOOOO[O]. The quantitative estimate of drug-likeness (QED) is 0.0310. The first kappa shape index (κ1) is 107. The molecule has 0 atom stereocenters. The monoisotopic (exact) mass is 1780 g/mol. The Morgan fingerprint density at radius 1 is 0.0450 bits per heavy atom. The Kier molecular flexibility index (Phi) is 101. The maximum absolute atomic E-state index is 9.23. The van der Waals surface area contributed by atoms with E-state index in [0.717, 1.165) is 0 Å². The molecule has 0 aromatic heterocycles. The van der Waals surface area contributed by atoms with E-state index in [1.807, 2.05) is 0 Å². The minimum absolute atomic E-state index is 2.62. The summed E-state index contributed by atoms with van der Waals surface area (Å²) >= 11 is 0. The van der Waals surface area contributed by atoms with Crippen molar-refractivity contribution in [2.75, 3.05) is 0 Å². The van der Waals surface area contributed by atoms with E-state index in [9.17, 15) is 10.5 Å². The van der Waals surface area contributed by atoms with Gasteiger partial charge in [-0.1, -0.05) is 0 Å². The van der Waals surface area contributed by atoms with E-state index in [1.54, 1.807) is 0 Å². The van der Waals surface area contributed by atoms with Gasteiger partial charge in [0.25, 0.3) is 0 Å². The third-order valence-corrected chi connectivity index (χ3v) is 3.00. The van der Waals surface area contributed by atoms with Gasteiger partial charge in [-0.3, -0.25) is 0 Å². The summed E-state index contributed by atoms with van der Waals surface area (Å²) in [5, 5.41) is 395. The van der Waals surface area contributed by atoms with Crippen LogP contribution in [0.15, 0.2) is 0 Å². The van der Waals surface area contributed by atoms with Crippen molar-refractivity contribution >= 4 is 0 Å². The summed E-state index contributed by atoms with van der Waals surface area (Å²) in [4.78, 5) is 0. The van der Waals surface area contributed by atoms with Gasteiger partial charge in [0, 0.05) is 560 Å². The van der Waals surface area contributed by atoms with Gasteiger partial charge in [0.05, 0.1) is 0 Å². The molecule has 111 heavy (non-hydrogen) atoms. The zero-order valence-corrected chi connectivity index (χ0v) is 45.3. The second kappa shape index (κ2) is 106. The zero-order chi connectivity index (χ0) is 79.1. The molecule has 0 saturated heterocycles. The molecule has 0 fully saturated rings. The van der Waals surface area contributed by atoms with Crippen LogP contribution in [0.25, 0.3) is 0 Å². The number of hydrogen-bond acceptors (Lipinski definition) is 109. The van der Waals surface area contributed by atoms with Crippen molar-refractivity contribution in [2.24, 2.45) is 0 Å².